The molecule has 0 bridgehead atoms. The number of amides is 1. The highest BCUT2D eigenvalue weighted by molar-refractivity contribution is 5.94. The smallest absolute Gasteiger partial charge is 0.251 e. The van der Waals surface area contributed by atoms with E-state index in [0.717, 1.165) is 17.9 Å². The number of halogens is 1. The van der Waals surface area contributed by atoms with Gasteiger partial charge in [-0.1, -0.05) is 18.2 Å². The van der Waals surface area contributed by atoms with Crippen molar-refractivity contribution in [2.45, 2.75) is 13.1 Å². The first-order chi connectivity index (χ1) is 10.7. The molecule has 0 aliphatic carbocycles. The lowest BCUT2D eigenvalue weighted by atomic mass is 10.1. The Morgan fingerprint density at radius 3 is 3.00 bits per heavy atom. The largest absolute Gasteiger partial charge is 0.492 e. The summed E-state index contributed by atoms with van der Waals surface area (Å²) in [5.74, 6) is 0.258. The normalized spacial score (nSPS) is 13.7. The number of ether oxygens (including phenoxy) is 1. The van der Waals surface area contributed by atoms with E-state index in [-0.39, 0.29) is 18.3 Å². The molecule has 0 radical (unpaired) electrons. The zero-order valence-electron chi connectivity index (χ0n) is 12.1. The summed E-state index contributed by atoms with van der Waals surface area (Å²) < 4.78 is 19.1. The van der Waals surface area contributed by atoms with Crippen molar-refractivity contribution in [1.82, 2.24) is 10.6 Å². The molecule has 0 aromatic heterocycles. The Bertz CT molecular complexity index is 688. The Morgan fingerprint density at radius 1 is 1.27 bits per heavy atom. The monoisotopic (exact) mass is 300 g/mol. The Kier molecular flexibility index (Phi) is 4.34. The Balaban J connectivity index is 1.70. The summed E-state index contributed by atoms with van der Waals surface area (Å²) >= 11 is 0. The molecule has 5 heteroatoms. The third-order valence-corrected chi connectivity index (χ3v) is 3.57. The van der Waals surface area contributed by atoms with Crippen molar-refractivity contribution in [2.75, 3.05) is 13.2 Å². The van der Waals surface area contributed by atoms with Gasteiger partial charge < -0.3 is 15.4 Å². The second kappa shape index (κ2) is 6.58. The van der Waals surface area contributed by atoms with Crippen LogP contribution in [0.25, 0.3) is 0 Å². The summed E-state index contributed by atoms with van der Waals surface area (Å²) in [7, 11) is 0. The highest BCUT2D eigenvalue weighted by Crippen LogP contribution is 2.21. The molecule has 3 rings (SSSR count). The number of benzene rings is 2. The Labute approximate surface area is 128 Å². The average Bonchev–Trinajstić information content (AvgIpc) is 2.78. The fraction of sp³-hybridized carbons (Fsp3) is 0.235. The first kappa shape index (κ1) is 14.5. The van der Waals surface area contributed by atoms with E-state index in [1.54, 1.807) is 30.3 Å². The van der Waals surface area contributed by atoms with Crippen LogP contribution in [-0.2, 0) is 13.1 Å². The third-order valence-electron chi connectivity index (χ3n) is 3.57. The van der Waals surface area contributed by atoms with Gasteiger partial charge in [0.1, 0.15) is 18.2 Å². The van der Waals surface area contributed by atoms with E-state index in [4.69, 9.17) is 4.74 Å². The Morgan fingerprint density at radius 2 is 2.14 bits per heavy atom. The molecule has 2 aromatic carbocycles. The number of fused-ring (bicyclic) bond motifs is 1. The molecule has 0 unspecified atom stereocenters. The van der Waals surface area contributed by atoms with E-state index in [1.807, 2.05) is 6.07 Å². The lowest BCUT2D eigenvalue weighted by Gasteiger charge is -2.10. The Hall–Kier alpha value is -2.40. The van der Waals surface area contributed by atoms with E-state index < -0.39 is 0 Å². The van der Waals surface area contributed by atoms with Gasteiger partial charge in [0.25, 0.3) is 5.91 Å². The third kappa shape index (κ3) is 3.26. The highest BCUT2D eigenvalue weighted by Gasteiger charge is 2.13. The molecule has 4 nitrogen and oxygen atoms in total. The van der Waals surface area contributed by atoms with E-state index in [2.05, 4.69) is 10.6 Å². The predicted molar refractivity (Wildman–Crippen MR) is 81.2 cm³/mol. The second-order valence-electron chi connectivity index (χ2n) is 5.12. The summed E-state index contributed by atoms with van der Waals surface area (Å²) in [6.07, 6.45) is 0. The molecule has 2 aromatic rings. The quantitative estimate of drug-likeness (QED) is 0.914. The fourth-order valence-corrected chi connectivity index (χ4v) is 2.38. The minimum Gasteiger partial charge on any atom is -0.492 e. The minimum absolute atomic E-state index is 0.164. The topological polar surface area (TPSA) is 50.4 Å². The van der Waals surface area contributed by atoms with Crippen LogP contribution in [0, 0.1) is 5.82 Å². The molecule has 1 heterocycles. The highest BCUT2D eigenvalue weighted by atomic mass is 19.1. The molecule has 114 valence electrons. The fourth-order valence-electron chi connectivity index (χ4n) is 2.38. The number of rotatable bonds is 3. The van der Waals surface area contributed by atoms with Crippen molar-refractivity contribution < 1.29 is 13.9 Å². The maximum Gasteiger partial charge on any atom is 0.251 e. The zero-order valence-corrected chi connectivity index (χ0v) is 12.1. The molecular weight excluding hydrogens is 283 g/mol. The van der Waals surface area contributed by atoms with Crippen LogP contribution >= 0.6 is 0 Å². The van der Waals surface area contributed by atoms with Crippen molar-refractivity contribution in [1.29, 1.82) is 0 Å². The number of carbonyl (C=O) groups excluding carboxylic acids is 1. The van der Waals surface area contributed by atoms with Gasteiger partial charge in [0.15, 0.2) is 0 Å². The van der Waals surface area contributed by atoms with E-state index in [9.17, 15) is 9.18 Å². The van der Waals surface area contributed by atoms with Crippen LogP contribution in [0.3, 0.4) is 0 Å². The van der Waals surface area contributed by atoms with E-state index in [1.165, 1.54) is 6.07 Å². The zero-order chi connectivity index (χ0) is 15.4. The summed E-state index contributed by atoms with van der Waals surface area (Å²) in [6, 6.07) is 11.7. The minimum atomic E-state index is -0.317. The number of carbonyl (C=O) groups is 1. The van der Waals surface area contributed by atoms with Crippen molar-refractivity contribution in [2.24, 2.45) is 0 Å². The molecule has 2 N–H and O–H groups in total. The van der Waals surface area contributed by atoms with Gasteiger partial charge >= 0.3 is 0 Å². The van der Waals surface area contributed by atoms with Crippen molar-refractivity contribution in [3.63, 3.8) is 0 Å². The molecule has 0 saturated heterocycles. The maximum absolute atomic E-state index is 13.5. The van der Waals surface area contributed by atoms with Gasteiger partial charge in [0.2, 0.25) is 0 Å². The van der Waals surface area contributed by atoms with Crippen LogP contribution in [0.15, 0.2) is 42.5 Å². The lowest BCUT2D eigenvalue weighted by molar-refractivity contribution is 0.0950. The van der Waals surface area contributed by atoms with Crippen molar-refractivity contribution in [3.8, 4) is 5.75 Å². The predicted octanol–water partition coefficient (Wildman–Crippen LogP) is 2.24. The van der Waals surface area contributed by atoms with Gasteiger partial charge in [0.05, 0.1) is 0 Å². The van der Waals surface area contributed by atoms with Crippen LogP contribution < -0.4 is 15.4 Å². The van der Waals surface area contributed by atoms with Gasteiger partial charge in [-0.05, 0) is 24.3 Å². The molecule has 1 aliphatic rings. The molecule has 0 atom stereocenters. The van der Waals surface area contributed by atoms with Crippen LogP contribution in [0.5, 0.6) is 5.75 Å². The van der Waals surface area contributed by atoms with E-state index >= 15 is 0 Å². The van der Waals surface area contributed by atoms with Crippen molar-refractivity contribution in [3.05, 3.63) is 65.0 Å². The average molecular weight is 300 g/mol. The molecule has 22 heavy (non-hydrogen) atoms. The number of hydrogen-bond acceptors (Lipinski definition) is 3. The van der Waals surface area contributed by atoms with Gasteiger partial charge in [-0.15, -0.1) is 0 Å². The lowest BCUT2D eigenvalue weighted by Crippen LogP contribution is -2.23. The first-order valence-corrected chi connectivity index (χ1v) is 7.22. The molecule has 0 saturated carbocycles. The molecular formula is C17H17FN2O2. The summed E-state index contributed by atoms with van der Waals surface area (Å²) in [5.41, 5.74) is 1.97. The standard InChI is InChI=1S/C17H17FN2O2/c18-15-4-2-1-3-13(15)11-20-17(21)12-5-6-16-14(9-12)10-19-7-8-22-16/h1-6,9,19H,7-8,10-11H2,(H,20,21). The molecule has 1 aliphatic heterocycles. The number of nitrogens with one attached hydrogen (secondary N) is 2. The summed E-state index contributed by atoms with van der Waals surface area (Å²) in [5, 5.41) is 5.97. The summed E-state index contributed by atoms with van der Waals surface area (Å²) in [6.45, 7) is 2.23. The van der Waals surface area contributed by atoms with Crippen LogP contribution in [0.1, 0.15) is 21.5 Å². The van der Waals surface area contributed by atoms with Crippen LogP contribution in [0.4, 0.5) is 4.39 Å². The molecule has 0 spiro atoms. The van der Waals surface area contributed by atoms with Gasteiger partial charge in [-0.25, -0.2) is 4.39 Å². The van der Waals surface area contributed by atoms with Gasteiger partial charge in [-0.2, -0.15) is 0 Å². The van der Waals surface area contributed by atoms with E-state index in [0.29, 0.717) is 24.3 Å². The number of hydrogen-bond donors (Lipinski definition) is 2. The second-order valence-corrected chi connectivity index (χ2v) is 5.12. The van der Waals surface area contributed by atoms with Gasteiger partial charge in [0, 0.05) is 36.3 Å². The van der Waals surface area contributed by atoms with Crippen LogP contribution in [-0.4, -0.2) is 19.1 Å². The SMILES string of the molecule is O=C(NCc1ccccc1F)c1ccc2c(c1)CNCCO2. The first-order valence-electron chi connectivity index (χ1n) is 7.22. The van der Waals surface area contributed by atoms with Crippen LogP contribution in [0.2, 0.25) is 0 Å². The molecule has 0 fully saturated rings. The summed E-state index contributed by atoms with van der Waals surface area (Å²) in [4.78, 5) is 12.2. The van der Waals surface area contributed by atoms with Crippen molar-refractivity contribution >= 4 is 5.91 Å². The maximum atomic E-state index is 13.5. The molecule has 1 amide bonds. The van der Waals surface area contributed by atoms with Gasteiger partial charge in [-0.3, -0.25) is 4.79 Å².